The van der Waals surface area contributed by atoms with E-state index in [1.807, 2.05) is 12.1 Å². The molecule has 6 nitrogen and oxygen atoms in total. The number of hydrogen-bond donors (Lipinski definition) is 1. The van der Waals surface area contributed by atoms with Crippen LogP contribution in [0.5, 0.6) is 0 Å². The third-order valence-corrected chi connectivity index (χ3v) is 4.88. The molecule has 1 aromatic carbocycles. The third-order valence-electron chi connectivity index (χ3n) is 4.88. The van der Waals surface area contributed by atoms with Crippen molar-refractivity contribution in [3.8, 4) is 0 Å². The van der Waals surface area contributed by atoms with E-state index in [0.29, 0.717) is 5.76 Å². The Bertz CT molecular complexity index is 1030. The summed E-state index contributed by atoms with van der Waals surface area (Å²) in [6.07, 6.45) is 2.36. The average Bonchev–Trinajstić information content (AvgIpc) is 2.99. The molecule has 1 unspecified atom stereocenters. The maximum Gasteiger partial charge on any atom is 0.265 e. The molecule has 27 heavy (non-hydrogen) atoms. The fourth-order valence-electron chi connectivity index (χ4n) is 3.27. The molecule has 0 bridgehead atoms. The summed E-state index contributed by atoms with van der Waals surface area (Å²) in [5, 5.41) is 3.30. The molecule has 142 valence electrons. The van der Waals surface area contributed by atoms with Gasteiger partial charge in [0.15, 0.2) is 0 Å². The topological polar surface area (TPSA) is 77.1 Å². The molecule has 3 rings (SSSR count). The van der Waals surface area contributed by atoms with Gasteiger partial charge in [0.25, 0.3) is 11.5 Å². The quantitative estimate of drug-likeness (QED) is 0.748. The Morgan fingerprint density at radius 2 is 1.93 bits per heavy atom. The first-order valence-corrected chi connectivity index (χ1v) is 9.17. The van der Waals surface area contributed by atoms with Crippen LogP contribution in [0.3, 0.4) is 0 Å². The highest BCUT2D eigenvalue weighted by Crippen LogP contribution is 2.25. The molecule has 0 fully saturated rings. The molecular weight excluding hydrogens is 342 g/mol. The Morgan fingerprint density at radius 3 is 2.52 bits per heavy atom. The Balaban J connectivity index is 1.99. The number of amides is 1. The molecule has 1 amide bonds. The van der Waals surface area contributed by atoms with Gasteiger partial charge in [0.05, 0.1) is 11.6 Å². The Labute approximate surface area is 158 Å². The van der Waals surface area contributed by atoms with E-state index in [-0.39, 0.29) is 40.1 Å². The largest absolute Gasteiger partial charge is 0.442 e. The fraction of sp³-hybridized carbons (Fsp3) is 0.381. The molecule has 2 heterocycles. The van der Waals surface area contributed by atoms with Crippen LogP contribution in [0.2, 0.25) is 0 Å². The van der Waals surface area contributed by atoms with E-state index in [0.717, 1.165) is 12.0 Å². The summed E-state index contributed by atoms with van der Waals surface area (Å²) in [4.78, 5) is 29.7. The van der Waals surface area contributed by atoms with Crippen molar-refractivity contribution < 1.29 is 9.21 Å². The number of fused-ring (bicyclic) bond motifs is 1. The lowest BCUT2D eigenvalue weighted by atomic mass is 9.94. The molecule has 6 heteroatoms. The predicted molar refractivity (Wildman–Crippen MR) is 105 cm³/mol. The average molecular weight is 367 g/mol. The summed E-state index contributed by atoms with van der Waals surface area (Å²) < 4.78 is 6.89. The van der Waals surface area contributed by atoms with Crippen LogP contribution in [0, 0.1) is 12.8 Å². The zero-order valence-electron chi connectivity index (χ0n) is 16.4. The van der Waals surface area contributed by atoms with E-state index >= 15 is 0 Å². The van der Waals surface area contributed by atoms with Gasteiger partial charge >= 0.3 is 0 Å². The minimum atomic E-state index is -0.324. The molecule has 1 atom stereocenters. The summed E-state index contributed by atoms with van der Waals surface area (Å²) in [6.45, 7) is 7.90. The Hall–Kier alpha value is -2.89. The van der Waals surface area contributed by atoms with Crippen molar-refractivity contribution in [1.82, 2.24) is 14.9 Å². The lowest BCUT2D eigenvalue weighted by Crippen LogP contribution is -2.32. The number of nitrogens with one attached hydrogen (secondary N) is 1. The van der Waals surface area contributed by atoms with Gasteiger partial charge in [-0.1, -0.05) is 45.0 Å². The Kier molecular flexibility index (Phi) is 5.17. The van der Waals surface area contributed by atoms with Crippen molar-refractivity contribution >= 4 is 17.0 Å². The fourth-order valence-corrected chi connectivity index (χ4v) is 3.27. The summed E-state index contributed by atoms with van der Waals surface area (Å²) in [5.41, 5.74) is 2.44. The monoisotopic (exact) mass is 367 g/mol. The van der Waals surface area contributed by atoms with E-state index in [4.69, 9.17) is 4.42 Å². The summed E-state index contributed by atoms with van der Waals surface area (Å²) in [7, 11) is 1.60. The van der Waals surface area contributed by atoms with Gasteiger partial charge in [-0.25, -0.2) is 4.98 Å². The van der Waals surface area contributed by atoms with Gasteiger partial charge in [-0.2, -0.15) is 0 Å². The van der Waals surface area contributed by atoms with Gasteiger partial charge in [0.2, 0.25) is 5.71 Å². The van der Waals surface area contributed by atoms with Crippen LogP contribution in [0.1, 0.15) is 54.1 Å². The Morgan fingerprint density at radius 1 is 1.26 bits per heavy atom. The highest BCUT2D eigenvalue weighted by Gasteiger charge is 2.26. The number of benzene rings is 1. The molecule has 0 aliphatic carbocycles. The SMILES string of the molecule is CCc1ccc(C(NC(=O)c2c(C)oc3ncn(C)c(=O)c23)C(C)C)cc1. The minimum Gasteiger partial charge on any atom is -0.442 e. The van der Waals surface area contributed by atoms with Crippen molar-refractivity contribution in [2.45, 2.75) is 40.2 Å². The molecule has 0 saturated heterocycles. The molecule has 0 radical (unpaired) electrons. The van der Waals surface area contributed by atoms with Crippen molar-refractivity contribution in [2.75, 3.05) is 0 Å². The zero-order valence-corrected chi connectivity index (χ0v) is 16.4. The van der Waals surface area contributed by atoms with Gasteiger partial charge in [0.1, 0.15) is 17.5 Å². The molecule has 0 saturated carbocycles. The number of rotatable bonds is 5. The van der Waals surface area contributed by atoms with Crippen LogP contribution < -0.4 is 10.9 Å². The lowest BCUT2D eigenvalue weighted by Gasteiger charge is -2.23. The van der Waals surface area contributed by atoms with Gasteiger partial charge in [-0.3, -0.25) is 9.59 Å². The summed E-state index contributed by atoms with van der Waals surface area (Å²) >= 11 is 0. The first-order valence-electron chi connectivity index (χ1n) is 9.17. The third kappa shape index (κ3) is 3.52. The lowest BCUT2D eigenvalue weighted by molar-refractivity contribution is 0.0925. The van der Waals surface area contributed by atoms with E-state index in [9.17, 15) is 9.59 Å². The molecule has 1 N–H and O–H groups in total. The van der Waals surface area contributed by atoms with Crippen molar-refractivity contribution in [3.05, 3.63) is 63.4 Å². The van der Waals surface area contributed by atoms with Crippen LogP contribution in [-0.4, -0.2) is 15.5 Å². The number of furan rings is 1. The van der Waals surface area contributed by atoms with Crippen LogP contribution in [0.15, 0.2) is 39.8 Å². The number of carbonyl (C=O) groups excluding carboxylic acids is 1. The van der Waals surface area contributed by atoms with E-state index < -0.39 is 0 Å². The summed E-state index contributed by atoms with van der Waals surface area (Å²) in [5.74, 6) is 0.248. The van der Waals surface area contributed by atoms with Crippen LogP contribution in [0.25, 0.3) is 11.1 Å². The molecule has 3 aromatic rings. The van der Waals surface area contributed by atoms with Crippen molar-refractivity contribution in [1.29, 1.82) is 0 Å². The smallest absolute Gasteiger partial charge is 0.265 e. The van der Waals surface area contributed by atoms with Crippen molar-refractivity contribution in [2.24, 2.45) is 13.0 Å². The second-order valence-electron chi connectivity index (χ2n) is 7.16. The van der Waals surface area contributed by atoms with Crippen LogP contribution >= 0.6 is 0 Å². The number of nitrogens with zero attached hydrogens (tertiary/aromatic N) is 2. The standard InChI is InChI=1S/C21H25N3O3/c1-6-14-7-9-15(10-8-14)18(12(2)3)23-19(25)16-13(4)27-20-17(16)21(26)24(5)11-22-20/h7-12,18H,6H2,1-5H3,(H,23,25). The maximum atomic E-state index is 13.1. The van der Waals surface area contributed by atoms with E-state index in [2.05, 4.69) is 43.2 Å². The molecule has 0 aliphatic rings. The van der Waals surface area contributed by atoms with E-state index in [1.54, 1.807) is 14.0 Å². The maximum absolute atomic E-state index is 13.1. The number of carbonyl (C=O) groups is 1. The molecule has 2 aromatic heterocycles. The highest BCUT2D eigenvalue weighted by atomic mass is 16.3. The number of hydrogen-bond acceptors (Lipinski definition) is 4. The van der Waals surface area contributed by atoms with Gasteiger partial charge in [-0.05, 0) is 30.4 Å². The zero-order chi connectivity index (χ0) is 19.7. The molecular formula is C21H25N3O3. The normalized spacial score (nSPS) is 12.5. The summed E-state index contributed by atoms with van der Waals surface area (Å²) in [6, 6.07) is 8.08. The van der Waals surface area contributed by atoms with Gasteiger partial charge in [0, 0.05) is 7.05 Å². The first kappa shape index (κ1) is 18.9. The van der Waals surface area contributed by atoms with Gasteiger partial charge in [-0.15, -0.1) is 0 Å². The minimum absolute atomic E-state index is 0.173. The molecule has 0 spiro atoms. The highest BCUT2D eigenvalue weighted by molar-refractivity contribution is 6.06. The second-order valence-corrected chi connectivity index (χ2v) is 7.16. The van der Waals surface area contributed by atoms with Crippen molar-refractivity contribution in [3.63, 3.8) is 0 Å². The van der Waals surface area contributed by atoms with Gasteiger partial charge < -0.3 is 14.3 Å². The van der Waals surface area contributed by atoms with E-state index in [1.165, 1.54) is 16.5 Å². The molecule has 0 aliphatic heterocycles. The van der Waals surface area contributed by atoms with Crippen LogP contribution in [0.4, 0.5) is 0 Å². The number of aromatic nitrogens is 2. The number of aryl methyl sites for hydroxylation is 3. The van der Waals surface area contributed by atoms with Crippen LogP contribution in [-0.2, 0) is 13.5 Å². The first-order chi connectivity index (χ1) is 12.8. The predicted octanol–water partition coefficient (Wildman–Crippen LogP) is 3.52. The second kappa shape index (κ2) is 7.39.